The van der Waals surface area contributed by atoms with E-state index in [4.69, 9.17) is 0 Å². The molecule has 4 heteroatoms. The van der Waals surface area contributed by atoms with Crippen molar-refractivity contribution in [2.75, 3.05) is 6.54 Å². The first-order valence-corrected chi connectivity index (χ1v) is 5.93. The van der Waals surface area contributed by atoms with Gasteiger partial charge in [-0.2, -0.15) is 13.2 Å². The Morgan fingerprint density at radius 1 is 1.24 bits per heavy atom. The molecule has 1 aromatic rings. The first kappa shape index (κ1) is 12.4. The molecule has 17 heavy (non-hydrogen) atoms. The van der Waals surface area contributed by atoms with Crippen LogP contribution in [0.1, 0.15) is 29.5 Å². The van der Waals surface area contributed by atoms with E-state index in [9.17, 15) is 13.2 Å². The number of fused-ring (bicyclic) bond motifs is 1. The normalized spacial score (nSPS) is 15.7. The van der Waals surface area contributed by atoms with Crippen molar-refractivity contribution in [1.29, 1.82) is 0 Å². The van der Waals surface area contributed by atoms with Crippen LogP contribution >= 0.6 is 0 Å². The molecule has 2 rings (SSSR count). The summed E-state index contributed by atoms with van der Waals surface area (Å²) in [5, 5.41) is 3.27. The number of hydrogen-bond acceptors (Lipinski definition) is 1. The van der Waals surface area contributed by atoms with Crippen molar-refractivity contribution >= 4 is 0 Å². The van der Waals surface area contributed by atoms with Crippen molar-refractivity contribution in [1.82, 2.24) is 5.32 Å². The fraction of sp³-hybridized carbons (Fsp3) is 0.538. The Morgan fingerprint density at radius 3 is 2.82 bits per heavy atom. The third-order valence-corrected chi connectivity index (χ3v) is 3.15. The van der Waals surface area contributed by atoms with Gasteiger partial charge in [-0.05, 0) is 42.5 Å². The van der Waals surface area contributed by atoms with E-state index < -0.39 is 12.6 Å². The van der Waals surface area contributed by atoms with Gasteiger partial charge in [0.2, 0.25) is 0 Å². The minimum absolute atomic E-state index is 0.181. The largest absolute Gasteiger partial charge is 0.389 e. The van der Waals surface area contributed by atoms with Crippen molar-refractivity contribution in [3.8, 4) is 0 Å². The highest BCUT2D eigenvalue weighted by molar-refractivity contribution is 5.37. The number of halogens is 3. The lowest BCUT2D eigenvalue weighted by Crippen LogP contribution is -2.24. The van der Waals surface area contributed by atoms with E-state index in [0.717, 1.165) is 25.1 Å². The van der Waals surface area contributed by atoms with Crippen LogP contribution in [0, 0.1) is 0 Å². The molecule has 0 saturated heterocycles. The molecule has 0 bridgehead atoms. The molecule has 0 amide bonds. The number of nitrogens with one attached hydrogen (secondary N) is 1. The monoisotopic (exact) mass is 243 g/mol. The van der Waals surface area contributed by atoms with Gasteiger partial charge in [0, 0.05) is 13.0 Å². The van der Waals surface area contributed by atoms with Crippen LogP contribution in [0.25, 0.3) is 0 Å². The summed E-state index contributed by atoms with van der Waals surface area (Å²) in [5.74, 6) is 0. The second-order valence-electron chi connectivity index (χ2n) is 4.45. The van der Waals surface area contributed by atoms with Crippen molar-refractivity contribution in [2.45, 2.75) is 38.4 Å². The van der Waals surface area contributed by atoms with E-state index >= 15 is 0 Å². The molecule has 0 atom stereocenters. The van der Waals surface area contributed by atoms with E-state index in [0.29, 0.717) is 6.42 Å². The Kier molecular flexibility index (Phi) is 3.72. The van der Waals surface area contributed by atoms with Crippen LogP contribution in [-0.2, 0) is 19.4 Å². The summed E-state index contributed by atoms with van der Waals surface area (Å²) in [5.41, 5.74) is 3.56. The van der Waals surface area contributed by atoms with Crippen molar-refractivity contribution in [2.24, 2.45) is 0 Å². The molecule has 0 saturated carbocycles. The Morgan fingerprint density at radius 2 is 2.06 bits per heavy atom. The van der Waals surface area contributed by atoms with Crippen LogP contribution in [0.3, 0.4) is 0 Å². The van der Waals surface area contributed by atoms with Crippen LogP contribution in [0.15, 0.2) is 18.2 Å². The highest BCUT2D eigenvalue weighted by Gasteiger charge is 2.26. The second-order valence-corrected chi connectivity index (χ2v) is 4.45. The predicted octanol–water partition coefficient (Wildman–Crippen LogP) is 3.22. The Labute approximate surface area is 99.0 Å². The van der Waals surface area contributed by atoms with Gasteiger partial charge in [-0.25, -0.2) is 0 Å². The molecular formula is C13H16F3N. The fourth-order valence-corrected chi connectivity index (χ4v) is 2.30. The van der Waals surface area contributed by atoms with E-state index in [1.54, 1.807) is 0 Å². The zero-order valence-corrected chi connectivity index (χ0v) is 9.61. The fourth-order valence-electron chi connectivity index (χ4n) is 2.30. The van der Waals surface area contributed by atoms with Gasteiger partial charge in [0.05, 0.1) is 0 Å². The minimum atomic E-state index is -4.03. The van der Waals surface area contributed by atoms with Gasteiger partial charge in [-0.3, -0.25) is 0 Å². The van der Waals surface area contributed by atoms with Crippen LogP contribution in [-0.4, -0.2) is 12.7 Å². The first-order valence-electron chi connectivity index (χ1n) is 5.93. The van der Waals surface area contributed by atoms with Gasteiger partial charge in [-0.1, -0.05) is 18.2 Å². The molecule has 0 aliphatic carbocycles. The zero-order valence-electron chi connectivity index (χ0n) is 9.61. The Bertz CT molecular complexity index is 385. The summed E-state index contributed by atoms with van der Waals surface area (Å²) in [6.45, 7) is 1.75. The van der Waals surface area contributed by atoms with Gasteiger partial charge >= 0.3 is 6.18 Å². The van der Waals surface area contributed by atoms with E-state index in [1.807, 2.05) is 12.1 Å². The number of benzene rings is 1. The summed E-state index contributed by atoms with van der Waals surface area (Å²) in [7, 11) is 0. The van der Waals surface area contributed by atoms with Crippen molar-refractivity contribution in [3.63, 3.8) is 0 Å². The van der Waals surface area contributed by atoms with Gasteiger partial charge in [0.1, 0.15) is 0 Å². The molecule has 1 N–H and O–H groups in total. The molecule has 1 aliphatic heterocycles. The molecule has 0 unspecified atom stereocenters. The summed E-state index contributed by atoms with van der Waals surface area (Å²) < 4.78 is 36.3. The lowest BCUT2D eigenvalue weighted by atomic mass is 9.93. The third-order valence-electron chi connectivity index (χ3n) is 3.15. The van der Waals surface area contributed by atoms with Crippen LogP contribution in [0.2, 0.25) is 0 Å². The van der Waals surface area contributed by atoms with Crippen LogP contribution in [0.5, 0.6) is 0 Å². The summed E-state index contributed by atoms with van der Waals surface area (Å²) >= 11 is 0. The molecule has 1 heterocycles. The maximum Gasteiger partial charge on any atom is 0.389 e. The maximum absolute atomic E-state index is 12.1. The number of aryl methyl sites for hydroxylation is 1. The van der Waals surface area contributed by atoms with Crippen molar-refractivity contribution in [3.05, 3.63) is 34.9 Å². The predicted molar refractivity (Wildman–Crippen MR) is 60.8 cm³/mol. The molecular weight excluding hydrogens is 227 g/mol. The summed E-state index contributed by atoms with van der Waals surface area (Å²) in [6.07, 6.45) is -3.05. The summed E-state index contributed by atoms with van der Waals surface area (Å²) in [6, 6.07) is 5.97. The molecule has 1 aliphatic rings. The molecule has 94 valence electrons. The third kappa shape index (κ3) is 3.46. The maximum atomic E-state index is 12.1. The lowest BCUT2D eigenvalue weighted by Gasteiger charge is -2.20. The lowest BCUT2D eigenvalue weighted by molar-refractivity contribution is -0.135. The molecule has 1 aromatic carbocycles. The van der Waals surface area contributed by atoms with Crippen LogP contribution in [0.4, 0.5) is 13.2 Å². The Balaban J connectivity index is 2.01. The number of rotatable bonds is 3. The van der Waals surface area contributed by atoms with Crippen LogP contribution < -0.4 is 5.32 Å². The standard InChI is InChI=1S/C13H16F3N/c14-13(15,16)7-2-5-10-3-1-4-11-6-8-17-9-12(10)11/h1,3-4,17H,2,5-9H2. The topological polar surface area (TPSA) is 12.0 Å². The van der Waals surface area contributed by atoms with E-state index in [1.165, 1.54) is 11.1 Å². The average molecular weight is 243 g/mol. The van der Waals surface area contributed by atoms with Gasteiger partial charge in [0.25, 0.3) is 0 Å². The highest BCUT2D eigenvalue weighted by Crippen LogP contribution is 2.25. The highest BCUT2D eigenvalue weighted by atomic mass is 19.4. The number of alkyl halides is 3. The minimum Gasteiger partial charge on any atom is -0.312 e. The zero-order chi connectivity index (χ0) is 12.3. The SMILES string of the molecule is FC(F)(F)CCCc1cccc2c1CNCC2. The average Bonchev–Trinajstić information content (AvgIpc) is 2.28. The first-order chi connectivity index (χ1) is 8.06. The van der Waals surface area contributed by atoms with Crippen molar-refractivity contribution < 1.29 is 13.2 Å². The molecule has 0 spiro atoms. The van der Waals surface area contributed by atoms with E-state index in [2.05, 4.69) is 11.4 Å². The second kappa shape index (κ2) is 5.08. The molecule has 0 fully saturated rings. The molecule has 0 aromatic heterocycles. The molecule has 0 radical (unpaired) electrons. The quantitative estimate of drug-likeness (QED) is 0.859. The Hall–Kier alpha value is -1.03. The molecule has 1 nitrogen and oxygen atoms in total. The smallest absolute Gasteiger partial charge is 0.312 e. The van der Waals surface area contributed by atoms with Gasteiger partial charge in [-0.15, -0.1) is 0 Å². The van der Waals surface area contributed by atoms with Gasteiger partial charge < -0.3 is 5.32 Å². The van der Waals surface area contributed by atoms with Gasteiger partial charge in [0.15, 0.2) is 0 Å². The number of hydrogen-bond donors (Lipinski definition) is 1. The summed E-state index contributed by atoms with van der Waals surface area (Å²) in [4.78, 5) is 0. The van der Waals surface area contributed by atoms with E-state index in [-0.39, 0.29) is 6.42 Å².